The number of methoxy groups -OCH3 is 1. The van der Waals surface area contributed by atoms with E-state index in [-0.39, 0.29) is 21.7 Å². The van der Waals surface area contributed by atoms with Crippen molar-refractivity contribution in [2.24, 2.45) is 0 Å². The van der Waals surface area contributed by atoms with E-state index < -0.39 is 9.84 Å². The van der Waals surface area contributed by atoms with Crippen LogP contribution < -0.4 is 19.5 Å². The lowest BCUT2D eigenvalue weighted by Gasteiger charge is -2.18. The van der Waals surface area contributed by atoms with Crippen LogP contribution in [0.1, 0.15) is 11.1 Å². The molecule has 0 atom stereocenters. The fourth-order valence-electron chi connectivity index (χ4n) is 3.67. The van der Waals surface area contributed by atoms with Gasteiger partial charge in [0.2, 0.25) is 26.6 Å². The Labute approximate surface area is 203 Å². The molecule has 1 aliphatic heterocycles. The summed E-state index contributed by atoms with van der Waals surface area (Å²) in [6.07, 6.45) is 0. The van der Waals surface area contributed by atoms with Crippen LogP contribution in [-0.2, 0) is 16.4 Å². The molecule has 2 heterocycles. The van der Waals surface area contributed by atoms with Crippen LogP contribution in [0, 0.1) is 6.92 Å². The lowest BCUT2D eigenvalue weighted by molar-refractivity contribution is 0.171. The summed E-state index contributed by atoms with van der Waals surface area (Å²) < 4.78 is 49.7. The van der Waals surface area contributed by atoms with Gasteiger partial charge in [-0.05, 0) is 42.8 Å². The van der Waals surface area contributed by atoms with Gasteiger partial charge in [0.25, 0.3) is 0 Å². The Hall–Kier alpha value is -3.98. The fourth-order valence-corrected chi connectivity index (χ4v) is 4.96. The summed E-state index contributed by atoms with van der Waals surface area (Å²) in [5.41, 5.74) is 2.69. The van der Waals surface area contributed by atoms with Gasteiger partial charge in [-0.15, -0.1) is 0 Å². The summed E-state index contributed by atoms with van der Waals surface area (Å²) in [6.45, 7) is 3.13. The highest BCUT2D eigenvalue weighted by Crippen LogP contribution is 2.37. The number of hydrogen-bond acceptors (Lipinski definition) is 8. The second-order valence-corrected chi connectivity index (χ2v) is 9.90. The van der Waals surface area contributed by atoms with Crippen LogP contribution >= 0.6 is 0 Å². The van der Waals surface area contributed by atoms with Gasteiger partial charge in [-0.3, -0.25) is 0 Å². The van der Waals surface area contributed by atoms with Gasteiger partial charge in [0.1, 0.15) is 19.0 Å². The molecule has 0 fully saturated rings. The molecular weight excluding hydrogens is 468 g/mol. The molecule has 0 bridgehead atoms. The number of aromatic nitrogens is 1. The van der Waals surface area contributed by atoms with Crippen molar-refractivity contribution in [2.45, 2.75) is 23.4 Å². The van der Waals surface area contributed by atoms with Crippen LogP contribution in [0.5, 0.6) is 17.2 Å². The van der Waals surface area contributed by atoms with Crippen molar-refractivity contribution >= 4 is 15.7 Å². The smallest absolute Gasteiger partial charge is 0.234 e. The van der Waals surface area contributed by atoms with E-state index in [1.54, 1.807) is 37.4 Å². The Morgan fingerprint density at radius 1 is 0.971 bits per heavy atom. The highest BCUT2D eigenvalue weighted by Gasteiger charge is 2.30. The summed E-state index contributed by atoms with van der Waals surface area (Å²) >= 11 is 0. The summed E-state index contributed by atoms with van der Waals surface area (Å²) in [4.78, 5) is 4.43. The first-order valence-electron chi connectivity index (χ1n) is 11.0. The van der Waals surface area contributed by atoms with E-state index in [0.29, 0.717) is 42.6 Å². The zero-order chi connectivity index (χ0) is 24.4. The highest BCUT2D eigenvalue weighted by atomic mass is 32.2. The molecule has 0 unspecified atom stereocenters. The van der Waals surface area contributed by atoms with E-state index in [1.165, 1.54) is 12.1 Å². The molecule has 180 valence electrons. The van der Waals surface area contributed by atoms with Crippen LogP contribution in [0.4, 0.5) is 5.88 Å². The number of fused-ring (bicyclic) bond motifs is 1. The van der Waals surface area contributed by atoms with E-state index in [2.05, 4.69) is 10.3 Å². The summed E-state index contributed by atoms with van der Waals surface area (Å²) in [5.74, 6) is 1.70. The van der Waals surface area contributed by atoms with Crippen molar-refractivity contribution in [3.05, 3.63) is 77.9 Å². The van der Waals surface area contributed by atoms with Crippen LogP contribution in [0.15, 0.2) is 81.1 Å². The van der Waals surface area contributed by atoms with Crippen molar-refractivity contribution in [1.29, 1.82) is 0 Å². The molecular formula is C26H24N2O6S. The maximum atomic E-state index is 13.7. The molecule has 1 aromatic heterocycles. The molecule has 1 N–H and O–H groups in total. The molecule has 0 spiro atoms. The molecule has 0 saturated carbocycles. The first-order chi connectivity index (χ1) is 16.9. The van der Waals surface area contributed by atoms with Crippen LogP contribution in [0.25, 0.3) is 11.5 Å². The number of anilines is 1. The lowest BCUT2D eigenvalue weighted by atomic mass is 10.1. The molecule has 0 saturated heterocycles. The highest BCUT2D eigenvalue weighted by molar-refractivity contribution is 7.91. The molecule has 5 rings (SSSR count). The van der Waals surface area contributed by atoms with Crippen LogP contribution in [0.2, 0.25) is 0 Å². The first kappa shape index (κ1) is 22.8. The van der Waals surface area contributed by atoms with Gasteiger partial charge in [-0.25, -0.2) is 8.42 Å². The molecule has 35 heavy (non-hydrogen) atoms. The SMILES string of the molecule is COc1cccc(-c2nc(S(=O)(=O)c3ccc4c(c3)OCCO4)c(NCc3ccc(C)cc3)o2)c1. The van der Waals surface area contributed by atoms with Crippen molar-refractivity contribution in [3.8, 4) is 28.7 Å². The van der Waals surface area contributed by atoms with Crippen molar-refractivity contribution in [1.82, 2.24) is 4.98 Å². The maximum Gasteiger partial charge on any atom is 0.234 e. The summed E-state index contributed by atoms with van der Waals surface area (Å²) in [6, 6.07) is 19.5. The van der Waals surface area contributed by atoms with E-state index in [4.69, 9.17) is 18.6 Å². The average Bonchev–Trinajstić information content (AvgIpc) is 3.33. The predicted molar refractivity (Wildman–Crippen MR) is 130 cm³/mol. The third kappa shape index (κ3) is 4.67. The number of nitrogens with zero attached hydrogens (tertiary/aromatic N) is 1. The van der Waals surface area contributed by atoms with Gasteiger partial charge in [0.05, 0.1) is 12.0 Å². The van der Waals surface area contributed by atoms with Crippen molar-refractivity contribution in [3.63, 3.8) is 0 Å². The largest absolute Gasteiger partial charge is 0.497 e. The number of benzene rings is 3. The molecule has 1 aliphatic rings. The average molecular weight is 493 g/mol. The maximum absolute atomic E-state index is 13.7. The second kappa shape index (κ2) is 9.34. The minimum Gasteiger partial charge on any atom is -0.497 e. The Morgan fingerprint density at radius 3 is 2.51 bits per heavy atom. The fraction of sp³-hybridized carbons (Fsp3) is 0.192. The number of sulfone groups is 1. The van der Waals surface area contributed by atoms with Crippen LogP contribution in [0.3, 0.4) is 0 Å². The minimum atomic E-state index is -4.05. The quantitative estimate of drug-likeness (QED) is 0.390. The third-order valence-corrected chi connectivity index (χ3v) is 7.23. The molecule has 0 radical (unpaired) electrons. The molecule has 0 aliphatic carbocycles. The van der Waals surface area contributed by atoms with Crippen molar-refractivity contribution < 1.29 is 27.0 Å². The normalized spacial score (nSPS) is 12.9. The predicted octanol–water partition coefficient (Wildman–Crippen LogP) is 4.87. The number of aryl methyl sites for hydroxylation is 1. The lowest BCUT2D eigenvalue weighted by Crippen LogP contribution is -2.16. The summed E-state index contributed by atoms with van der Waals surface area (Å²) in [5, 5.41) is 2.90. The van der Waals surface area contributed by atoms with Gasteiger partial charge in [-0.1, -0.05) is 35.9 Å². The molecule has 0 amide bonds. The van der Waals surface area contributed by atoms with Gasteiger partial charge in [0, 0.05) is 18.2 Å². The van der Waals surface area contributed by atoms with Gasteiger partial charge in [0.15, 0.2) is 11.5 Å². The third-order valence-electron chi connectivity index (χ3n) is 5.56. The number of ether oxygens (including phenoxy) is 3. The first-order valence-corrected chi connectivity index (χ1v) is 12.5. The number of oxazole rings is 1. The Balaban J connectivity index is 1.55. The second-order valence-electron chi connectivity index (χ2n) is 8.03. The van der Waals surface area contributed by atoms with Crippen molar-refractivity contribution in [2.75, 3.05) is 25.6 Å². The Bertz CT molecular complexity index is 1460. The number of nitrogens with one attached hydrogen (secondary N) is 1. The Kier molecular flexibility index (Phi) is 6.08. The molecule has 8 nitrogen and oxygen atoms in total. The summed E-state index contributed by atoms with van der Waals surface area (Å²) in [7, 11) is -2.49. The van der Waals surface area contributed by atoms with E-state index >= 15 is 0 Å². The standard InChI is InChI=1S/C26H24N2O6S/c1-17-6-8-18(9-7-17)16-27-25-26(28-24(34-25)19-4-3-5-20(14-19)31-2)35(29,30)21-10-11-22-23(15-21)33-13-12-32-22/h3-11,14-15,27H,12-13,16H2,1-2H3. The van der Waals surface area contributed by atoms with Gasteiger partial charge < -0.3 is 23.9 Å². The van der Waals surface area contributed by atoms with Gasteiger partial charge >= 0.3 is 0 Å². The van der Waals surface area contributed by atoms with E-state index in [0.717, 1.165) is 11.1 Å². The Morgan fingerprint density at radius 2 is 1.74 bits per heavy atom. The van der Waals surface area contributed by atoms with Crippen LogP contribution in [-0.4, -0.2) is 33.7 Å². The molecule has 4 aromatic rings. The van der Waals surface area contributed by atoms with E-state index in [9.17, 15) is 8.42 Å². The topological polar surface area (TPSA) is 99.9 Å². The van der Waals surface area contributed by atoms with E-state index in [1.807, 2.05) is 31.2 Å². The molecule has 9 heteroatoms. The number of rotatable bonds is 7. The van der Waals surface area contributed by atoms with Gasteiger partial charge in [-0.2, -0.15) is 4.98 Å². The molecule has 3 aromatic carbocycles. The zero-order valence-corrected chi connectivity index (χ0v) is 20.1. The minimum absolute atomic E-state index is 0.0330. The number of hydrogen-bond donors (Lipinski definition) is 1. The monoisotopic (exact) mass is 492 g/mol. The zero-order valence-electron chi connectivity index (χ0n) is 19.3.